The summed E-state index contributed by atoms with van der Waals surface area (Å²) in [6, 6.07) is 11.8. The summed E-state index contributed by atoms with van der Waals surface area (Å²) < 4.78 is 22.3. The first-order valence-corrected chi connectivity index (χ1v) is 7.90. The third-order valence-corrected chi connectivity index (χ3v) is 3.99. The fraction of sp³-hybridized carbons (Fsp3) is 0.0714. The van der Waals surface area contributed by atoms with E-state index in [1.165, 1.54) is 30.3 Å². The number of sulfonamides is 1. The van der Waals surface area contributed by atoms with E-state index in [1.807, 2.05) is 6.07 Å². The Bertz CT molecular complexity index is 886. The monoisotopic (exact) mass is 332 g/mol. The molecule has 0 unspecified atom stereocenters. The van der Waals surface area contributed by atoms with E-state index in [0.717, 1.165) is 5.56 Å². The van der Waals surface area contributed by atoms with E-state index in [2.05, 4.69) is 5.32 Å². The standard InChI is InChI=1S/C14H12N4O4S/c15-8-11-3-6-13(14(7-11)18(19)20)17-9-10-1-4-12(5-2-10)23(16,21)22/h1-7,17H,9H2,(H2,16,21,22). The fourth-order valence-electron chi connectivity index (χ4n) is 1.90. The highest BCUT2D eigenvalue weighted by atomic mass is 32.2. The van der Waals surface area contributed by atoms with Gasteiger partial charge < -0.3 is 5.32 Å². The minimum absolute atomic E-state index is 0.00870. The minimum Gasteiger partial charge on any atom is -0.375 e. The van der Waals surface area contributed by atoms with Crippen molar-refractivity contribution in [3.05, 3.63) is 63.7 Å². The van der Waals surface area contributed by atoms with Crippen molar-refractivity contribution in [1.82, 2.24) is 0 Å². The summed E-state index contributed by atoms with van der Waals surface area (Å²) in [6.07, 6.45) is 0. The minimum atomic E-state index is -3.75. The molecule has 0 atom stereocenters. The summed E-state index contributed by atoms with van der Waals surface area (Å²) in [7, 11) is -3.75. The van der Waals surface area contributed by atoms with Crippen molar-refractivity contribution in [1.29, 1.82) is 5.26 Å². The van der Waals surface area contributed by atoms with Gasteiger partial charge >= 0.3 is 0 Å². The molecule has 23 heavy (non-hydrogen) atoms. The lowest BCUT2D eigenvalue weighted by Crippen LogP contribution is -2.12. The Morgan fingerprint density at radius 3 is 2.39 bits per heavy atom. The molecule has 0 bridgehead atoms. The van der Waals surface area contributed by atoms with E-state index < -0.39 is 14.9 Å². The molecule has 0 aliphatic carbocycles. The smallest absolute Gasteiger partial charge is 0.293 e. The highest BCUT2D eigenvalue weighted by Gasteiger charge is 2.14. The lowest BCUT2D eigenvalue weighted by molar-refractivity contribution is -0.384. The SMILES string of the molecule is N#Cc1ccc(NCc2ccc(S(N)(=O)=O)cc2)c([N+](=O)[O-])c1. The van der Waals surface area contributed by atoms with Crippen LogP contribution in [0.25, 0.3) is 0 Å². The number of primary sulfonamides is 1. The van der Waals surface area contributed by atoms with Gasteiger partial charge in [0, 0.05) is 12.6 Å². The topological polar surface area (TPSA) is 139 Å². The third-order valence-electron chi connectivity index (χ3n) is 3.06. The molecule has 0 spiro atoms. The fourth-order valence-corrected chi connectivity index (χ4v) is 2.41. The summed E-state index contributed by atoms with van der Waals surface area (Å²) in [4.78, 5) is 10.4. The van der Waals surface area contributed by atoms with Crippen molar-refractivity contribution in [3.8, 4) is 6.07 Å². The first-order chi connectivity index (χ1) is 10.8. The Labute approximate surface area is 132 Å². The highest BCUT2D eigenvalue weighted by molar-refractivity contribution is 7.89. The molecule has 0 saturated heterocycles. The maximum Gasteiger partial charge on any atom is 0.293 e. The van der Waals surface area contributed by atoms with Gasteiger partial charge in [-0.1, -0.05) is 12.1 Å². The molecule has 0 aliphatic heterocycles. The number of nitro groups is 1. The van der Waals surface area contributed by atoms with Crippen LogP contribution in [0, 0.1) is 21.4 Å². The van der Waals surface area contributed by atoms with E-state index in [4.69, 9.17) is 10.4 Å². The molecule has 0 saturated carbocycles. The number of nitriles is 1. The van der Waals surface area contributed by atoms with Gasteiger partial charge in [-0.3, -0.25) is 10.1 Å². The van der Waals surface area contributed by atoms with Gasteiger partial charge in [-0.15, -0.1) is 0 Å². The van der Waals surface area contributed by atoms with Gasteiger partial charge in [-0.25, -0.2) is 13.6 Å². The number of nitrogens with one attached hydrogen (secondary N) is 1. The molecule has 3 N–H and O–H groups in total. The zero-order valence-electron chi connectivity index (χ0n) is 11.8. The van der Waals surface area contributed by atoms with Crippen molar-refractivity contribution in [2.45, 2.75) is 11.4 Å². The zero-order chi connectivity index (χ0) is 17.0. The van der Waals surface area contributed by atoms with Crippen LogP contribution in [0.15, 0.2) is 47.4 Å². The number of rotatable bonds is 5. The number of nitro benzene ring substituents is 1. The Hall–Kier alpha value is -2.96. The number of benzene rings is 2. The molecule has 8 nitrogen and oxygen atoms in total. The van der Waals surface area contributed by atoms with E-state index in [9.17, 15) is 18.5 Å². The molecule has 2 aromatic rings. The lowest BCUT2D eigenvalue weighted by atomic mass is 10.1. The molecule has 0 radical (unpaired) electrons. The molecule has 9 heteroatoms. The van der Waals surface area contributed by atoms with Crippen LogP contribution in [0.4, 0.5) is 11.4 Å². The second-order valence-corrected chi connectivity index (χ2v) is 6.20. The van der Waals surface area contributed by atoms with Crippen molar-refractivity contribution >= 4 is 21.4 Å². The molecule has 118 valence electrons. The van der Waals surface area contributed by atoms with E-state index in [0.29, 0.717) is 0 Å². The summed E-state index contributed by atoms with van der Waals surface area (Å²) in [5.74, 6) is 0. The summed E-state index contributed by atoms with van der Waals surface area (Å²) in [5, 5.41) is 27.7. The van der Waals surface area contributed by atoms with Gasteiger partial charge in [0.05, 0.1) is 21.5 Å². The summed E-state index contributed by atoms with van der Waals surface area (Å²) in [5.41, 5.74) is 0.977. The molecule has 2 rings (SSSR count). The Morgan fingerprint density at radius 2 is 1.87 bits per heavy atom. The molecule has 0 amide bonds. The molecule has 0 heterocycles. The molecular weight excluding hydrogens is 320 g/mol. The van der Waals surface area contributed by atoms with Crippen LogP contribution in [0.5, 0.6) is 0 Å². The van der Waals surface area contributed by atoms with E-state index >= 15 is 0 Å². The number of nitrogens with zero attached hydrogens (tertiary/aromatic N) is 2. The molecule has 0 aliphatic rings. The molecule has 2 aromatic carbocycles. The van der Waals surface area contributed by atoms with E-state index in [-0.39, 0.29) is 28.4 Å². The van der Waals surface area contributed by atoms with Crippen LogP contribution in [-0.4, -0.2) is 13.3 Å². The Morgan fingerprint density at radius 1 is 1.22 bits per heavy atom. The van der Waals surface area contributed by atoms with Crippen LogP contribution in [0.3, 0.4) is 0 Å². The first kappa shape index (κ1) is 16.4. The van der Waals surface area contributed by atoms with Crippen molar-refractivity contribution in [3.63, 3.8) is 0 Å². The average Bonchev–Trinajstić information content (AvgIpc) is 2.52. The van der Waals surface area contributed by atoms with Crippen LogP contribution < -0.4 is 10.5 Å². The number of hydrogen-bond donors (Lipinski definition) is 2. The van der Waals surface area contributed by atoms with Gasteiger partial charge in [0.1, 0.15) is 5.69 Å². The van der Waals surface area contributed by atoms with Crippen LogP contribution in [0.1, 0.15) is 11.1 Å². The lowest BCUT2D eigenvalue weighted by Gasteiger charge is -2.08. The van der Waals surface area contributed by atoms with Gasteiger partial charge in [-0.2, -0.15) is 5.26 Å². The average molecular weight is 332 g/mol. The second kappa shape index (κ2) is 6.43. The number of anilines is 1. The normalized spacial score (nSPS) is 10.8. The van der Waals surface area contributed by atoms with Crippen molar-refractivity contribution in [2.24, 2.45) is 5.14 Å². The predicted octanol–water partition coefficient (Wildman–Crippen LogP) is 1.73. The van der Waals surface area contributed by atoms with Gasteiger partial charge in [-0.05, 0) is 29.8 Å². The maximum absolute atomic E-state index is 11.2. The number of hydrogen-bond acceptors (Lipinski definition) is 6. The van der Waals surface area contributed by atoms with Crippen LogP contribution in [0.2, 0.25) is 0 Å². The van der Waals surface area contributed by atoms with Crippen molar-refractivity contribution < 1.29 is 13.3 Å². The summed E-state index contributed by atoms with van der Waals surface area (Å²) >= 11 is 0. The highest BCUT2D eigenvalue weighted by Crippen LogP contribution is 2.26. The first-order valence-electron chi connectivity index (χ1n) is 6.35. The van der Waals surface area contributed by atoms with Crippen LogP contribution >= 0.6 is 0 Å². The Balaban J connectivity index is 2.18. The van der Waals surface area contributed by atoms with Gasteiger partial charge in [0.25, 0.3) is 5.69 Å². The van der Waals surface area contributed by atoms with Gasteiger partial charge in [0.15, 0.2) is 0 Å². The Kier molecular flexibility index (Phi) is 4.59. The third kappa shape index (κ3) is 4.03. The van der Waals surface area contributed by atoms with Crippen LogP contribution in [-0.2, 0) is 16.6 Å². The van der Waals surface area contributed by atoms with Gasteiger partial charge in [0.2, 0.25) is 10.0 Å². The number of nitrogens with two attached hydrogens (primary N) is 1. The molecular formula is C14H12N4O4S. The zero-order valence-corrected chi connectivity index (χ0v) is 12.6. The second-order valence-electron chi connectivity index (χ2n) is 4.64. The molecule has 0 fully saturated rings. The molecule has 0 aromatic heterocycles. The maximum atomic E-state index is 11.2. The quantitative estimate of drug-likeness (QED) is 0.631. The largest absolute Gasteiger partial charge is 0.375 e. The van der Waals surface area contributed by atoms with Crippen molar-refractivity contribution in [2.75, 3.05) is 5.32 Å². The van der Waals surface area contributed by atoms with E-state index in [1.54, 1.807) is 12.1 Å². The predicted molar refractivity (Wildman–Crippen MR) is 83.0 cm³/mol. The summed E-state index contributed by atoms with van der Waals surface area (Å²) in [6.45, 7) is 0.248.